The van der Waals surface area contributed by atoms with E-state index in [-0.39, 0.29) is 24.1 Å². The van der Waals surface area contributed by atoms with Gasteiger partial charge >= 0.3 is 0 Å². The van der Waals surface area contributed by atoms with Crippen LogP contribution in [0.1, 0.15) is 37.8 Å². The van der Waals surface area contributed by atoms with Crippen LogP contribution in [-0.4, -0.2) is 47.4 Å². The van der Waals surface area contributed by atoms with Gasteiger partial charge in [0.05, 0.1) is 18.9 Å². The van der Waals surface area contributed by atoms with Crippen molar-refractivity contribution in [2.45, 2.75) is 32.2 Å². The van der Waals surface area contributed by atoms with Crippen molar-refractivity contribution in [3.05, 3.63) is 29.6 Å². The third kappa shape index (κ3) is 6.66. The monoisotopic (exact) mass is 400 g/mol. The van der Waals surface area contributed by atoms with Crippen LogP contribution in [0.2, 0.25) is 0 Å². The number of ether oxygens (including phenoxy) is 1. The molecule has 0 spiro atoms. The van der Waals surface area contributed by atoms with E-state index in [1.165, 1.54) is 19.6 Å². The van der Waals surface area contributed by atoms with Crippen LogP contribution in [0.15, 0.2) is 23.2 Å². The fourth-order valence-electron chi connectivity index (χ4n) is 2.75. The van der Waals surface area contributed by atoms with Crippen molar-refractivity contribution in [1.82, 2.24) is 15.4 Å². The highest BCUT2D eigenvalue weighted by Crippen LogP contribution is 2.25. The molecule has 1 aliphatic rings. The van der Waals surface area contributed by atoms with Crippen molar-refractivity contribution >= 4 is 16.0 Å². The van der Waals surface area contributed by atoms with Gasteiger partial charge < -0.3 is 15.4 Å². The molecule has 1 unspecified atom stereocenters. The standard InChI is InChI=1S/C18H29FN4O3S/c1-13(15-7-8-17(26-3)16(19)11-15)23-18(20-2)21-9-10-27(24,25)22-12-14-5-4-6-14/h7-8,11,13-14,22H,4-6,9-10,12H2,1-3H3,(H2,20,21,23). The van der Waals surface area contributed by atoms with Crippen molar-refractivity contribution in [1.29, 1.82) is 0 Å². The van der Waals surface area contributed by atoms with Gasteiger partial charge in [0.2, 0.25) is 10.0 Å². The molecule has 2 rings (SSSR count). The lowest BCUT2D eigenvalue weighted by Gasteiger charge is -2.25. The van der Waals surface area contributed by atoms with Crippen LogP contribution >= 0.6 is 0 Å². The summed E-state index contributed by atoms with van der Waals surface area (Å²) in [4.78, 5) is 4.09. The zero-order chi connectivity index (χ0) is 19.9. The number of nitrogens with one attached hydrogen (secondary N) is 3. The maximum absolute atomic E-state index is 13.9. The van der Waals surface area contributed by atoms with Gasteiger partial charge in [-0.25, -0.2) is 17.5 Å². The van der Waals surface area contributed by atoms with Crippen molar-refractivity contribution in [3.8, 4) is 5.75 Å². The first-order valence-corrected chi connectivity index (χ1v) is 10.8. The minimum atomic E-state index is -3.31. The van der Waals surface area contributed by atoms with E-state index in [2.05, 4.69) is 20.3 Å². The molecule has 9 heteroatoms. The Hall–Kier alpha value is -1.87. The number of hydrogen-bond acceptors (Lipinski definition) is 4. The number of sulfonamides is 1. The quantitative estimate of drug-likeness (QED) is 0.434. The molecule has 0 bridgehead atoms. The van der Waals surface area contributed by atoms with Crippen LogP contribution in [0.5, 0.6) is 5.75 Å². The molecular formula is C18H29FN4O3S. The first-order valence-electron chi connectivity index (χ1n) is 9.12. The van der Waals surface area contributed by atoms with E-state index >= 15 is 0 Å². The van der Waals surface area contributed by atoms with Crippen LogP contribution in [0.25, 0.3) is 0 Å². The zero-order valence-corrected chi connectivity index (χ0v) is 16.9. The molecule has 152 valence electrons. The van der Waals surface area contributed by atoms with Crippen molar-refractivity contribution in [2.75, 3.05) is 33.0 Å². The number of hydrogen-bond donors (Lipinski definition) is 3. The topological polar surface area (TPSA) is 91.8 Å². The van der Waals surface area contributed by atoms with Gasteiger partial charge in [-0.05, 0) is 43.4 Å². The summed E-state index contributed by atoms with van der Waals surface area (Å²) in [7, 11) is -0.295. The fraction of sp³-hybridized carbons (Fsp3) is 0.611. The summed E-state index contributed by atoms with van der Waals surface area (Å²) >= 11 is 0. The number of halogens is 1. The summed E-state index contributed by atoms with van der Waals surface area (Å²) in [5, 5.41) is 6.10. The summed E-state index contributed by atoms with van der Waals surface area (Å²) in [6, 6.07) is 4.52. The van der Waals surface area contributed by atoms with Crippen molar-refractivity contribution in [2.24, 2.45) is 10.9 Å². The highest BCUT2D eigenvalue weighted by Gasteiger charge is 2.20. The largest absolute Gasteiger partial charge is 0.494 e. The lowest BCUT2D eigenvalue weighted by Crippen LogP contribution is -2.42. The number of nitrogens with zero attached hydrogens (tertiary/aromatic N) is 1. The third-order valence-corrected chi connectivity index (χ3v) is 6.08. The highest BCUT2D eigenvalue weighted by molar-refractivity contribution is 7.89. The number of guanidine groups is 1. The zero-order valence-electron chi connectivity index (χ0n) is 16.1. The van der Waals surface area contributed by atoms with Crippen LogP contribution in [0, 0.1) is 11.7 Å². The smallest absolute Gasteiger partial charge is 0.213 e. The minimum absolute atomic E-state index is 0.0357. The Morgan fingerprint density at radius 1 is 1.41 bits per heavy atom. The second-order valence-electron chi connectivity index (χ2n) is 6.72. The van der Waals surface area contributed by atoms with E-state index < -0.39 is 15.8 Å². The molecule has 27 heavy (non-hydrogen) atoms. The first-order chi connectivity index (χ1) is 12.8. The summed E-state index contributed by atoms with van der Waals surface area (Å²) in [5.41, 5.74) is 0.728. The van der Waals surface area contributed by atoms with Gasteiger partial charge in [-0.3, -0.25) is 4.99 Å². The molecule has 3 N–H and O–H groups in total. The summed E-state index contributed by atoms with van der Waals surface area (Å²) < 4.78 is 45.5. The molecule has 0 aliphatic heterocycles. The molecule has 1 aliphatic carbocycles. The second kappa shape index (κ2) is 9.89. The number of methoxy groups -OCH3 is 1. The van der Waals surface area contributed by atoms with E-state index in [1.54, 1.807) is 19.2 Å². The predicted molar refractivity (Wildman–Crippen MR) is 105 cm³/mol. The van der Waals surface area contributed by atoms with Gasteiger partial charge in [0, 0.05) is 20.1 Å². The number of benzene rings is 1. The van der Waals surface area contributed by atoms with Crippen LogP contribution in [-0.2, 0) is 10.0 Å². The molecule has 1 aromatic rings. The van der Waals surface area contributed by atoms with E-state index in [1.807, 2.05) is 6.92 Å². The molecule has 7 nitrogen and oxygen atoms in total. The highest BCUT2D eigenvalue weighted by atomic mass is 32.2. The SMILES string of the molecule is CN=C(NCCS(=O)(=O)NCC1CCC1)NC(C)c1ccc(OC)c(F)c1. The van der Waals surface area contributed by atoms with E-state index in [0.717, 1.165) is 18.4 Å². The molecule has 0 radical (unpaired) electrons. The van der Waals surface area contributed by atoms with Gasteiger partial charge in [-0.2, -0.15) is 0 Å². The number of aliphatic imine (C=N–C) groups is 1. The maximum atomic E-state index is 13.9. The summed E-state index contributed by atoms with van der Waals surface area (Å²) in [6.45, 7) is 2.61. The second-order valence-corrected chi connectivity index (χ2v) is 8.65. The Balaban J connectivity index is 1.79. The van der Waals surface area contributed by atoms with Crippen LogP contribution in [0.4, 0.5) is 4.39 Å². The fourth-order valence-corrected chi connectivity index (χ4v) is 3.76. The average Bonchev–Trinajstić information content (AvgIpc) is 2.59. The molecule has 0 aromatic heterocycles. The van der Waals surface area contributed by atoms with E-state index in [0.29, 0.717) is 18.4 Å². The molecule has 1 saturated carbocycles. The molecule has 0 amide bonds. The normalized spacial score (nSPS) is 16.5. The Morgan fingerprint density at radius 3 is 2.70 bits per heavy atom. The Kier molecular flexibility index (Phi) is 7.85. The lowest BCUT2D eigenvalue weighted by molar-refractivity contribution is 0.316. The van der Waals surface area contributed by atoms with Crippen LogP contribution < -0.4 is 20.1 Å². The van der Waals surface area contributed by atoms with Gasteiger partial charge in [-0.1, -0.05) is 12.5 Å². The maximum Gasteiger partial charge on any atom is 0.213 e. The Labute approximate surface area is 160 Å². The minimum Gasteiger partial charge on any atom is -0.494 e. The predicted octanol–water partition coefficient (Wildman–Crippen LogP) is 1.78. The van der Waals surface area contributed by atoms with Crippen LogP contribution in [0.3, 0.4) is 0 Å². The number of rotatable bonds is 9. The van der Waals surface area contributed by atoms with Crippen molar-refractivity contribution < 1.29 is 17.5 Å². The third-order valence-electron chi connectivity index (χ3n) is 4.73. The molecule has 1 atom stereocenters. The molecule has 0 saturated heterocycles. The molecule has 0 heterocycles. The van der Waals surface area contributed by atoms with Gasteiger partial charge in [0.1, 0.15) is 0 Å². The van der Waals surface area contributed by atoms with Gasteiger partial charge in [0.15, 0.2) is 17.5 Å². The average molecular weight is 401 g/mol. The summed E-state index contributed by atoms with van der Waals surface area (Å²) in [5.74, 6) is 0.649. The van der Waals surface area contributed by atoms with E-state index in [4.69, 9.17) is 4.74 Å². The first kappa shape index (κ1) is 21.4. The summed E-state index contributed by atoms with van der Waals surface area (Å²) in [6.07, 6.45) is 3.38. The van der Waals surface area contributed by atoms with Gasteiger partial charge in [0.25, 0.3) is 0 Å². The Morgan fingerprint density at radius 2 is 2.15 bits per heavy atom. The Bertz CT molecular complexity index is 751. The molecule has 1 aromatic carbocycles. The lowest BCUT2D eigenvalue weighted by atomic mass is 9.86. The molecular weight excluding hydrogens is 371 g/mol. The van der Waals surface area contributed by atoms with E-state index in [9.17, 15) is 12.8 Å². The van der Waals surface area contributed by atoms with Gasteiger partial charge in [-0.15, -0.1) is 0 Å². The molecule has 1 fully saturated rings. The van der Waals surface area contributed by atoms with Crippen molar-refractivity contribution in [3.63, 3.8) is 0 Å².